The molecular weight excluding hydrogens is 476 g/mol. The highest BCUT2D eigenvalue weighted by Crippen LogP contribution is 2.36. The highest BCUT2D eigenvalue weighted by molar-refractivity contribution is 6.24. The predicted molar refractivity (Wildman–Crippen MR) is 130 cm³/mol. The second-order valence-corrected chi connectivity index (χ2v) is 8.61. The SMILES string of the molecule is O=C1NC(=O)C2(CCCN2c2ccc(Oc3ccc(-c4ncc(-c5cccnc5)o4)cc3)nc2)C(=O)N1. The van der Waals surface area contributed by atoms with E-state index in [1.165, 1.54) is 0 Å². The van der Waals surface area contributed by atoms with Crippen molar-refractivity contribution in [2.75, 3.05) is 11.4 Å². The first-order valence-electron chi connectivity index (χ1n) is 11.6. The lowest BCUT2D eigenvalue weighted by atomic mass is 9.92. The molecule has 11 heteroatoms. The molecule has 0 unspecified atom stereocenters. The van der Waals surface area contributed by atoms with Gasteiger partial charge in [-0.2, -0.15) is 0 Å². The molecule has 0 aliphatic carbocycles. The van der Waals surface area contributed by atoms with Gasteiger partial charge in [-0.05, 0) is 55.3 Å². The molecule has 0 atom stereocenters. The fourth-order valence-electron chi connectivity index (χ4n) is 4.62. The number of urea groups is 1. The van der Waals surface area contributed by atoms with Crippen molar-refractivity contribution in [1.82, 2.24) is 25.6 Å². The van der Waals surface area contributed by atoms with Gasteiger partial charge in [-0.3, -0.25) is 25.2 Å². The molecule has 184 valence electrons. The molecule has 1 spiro atoms. The lowest BCUT2D eigenvalue weighted by Crippen LogP contribution is -2.71. The van der Waals surface area contributed by atoms with Crippen LogP contribution in [0.1, 0.15) is 12.8 Å². The first kappa shape index (κ1) is 22.4. The van der Waals surface area contributed by atoms with Crippen molar-refractivity contribution in [1.29, 1.82) is 0 Å². The summed E-state index contributed by atoms with van der Waals surface area (Å²) in [6, 6.07) is 13.5. The number of oxazole rings is 1. The van der Waals surface area contributed by atoms with Gasteiger partial charge < -0.3 is 14.1 Å². The first-order chi connectivity index (χ1) is 18.0. The Morgan fingerprint density at radius 3 is 2.41 bits per heavy atom. The summed E-state index contributed by atoms with van der Waals surface area (Å²) in [6.45, 7) is 0.474. The number of nitrogens with one attached hydrogen (secondary N) is 2. The van der Waals surface area contributed by atoms with E-state index in [1.807, 2.05) is 24.3 Å². The van der Waals surface area contributed by atoms with Crippen molar-refractivity contribution in [3.63, 3.8) is 0 Å². The number of hydrogen-bond donors (Lipinski definition) is 2. The Kier molecular flexibility index (Phi) is 5.37. The summed E-state index contributed by atoms with van der Waals surface area (Å²) in [7, 11) is 0. The van der Waals surface area contributed by atoms with E-state index in [2.05, 4.69) is 25.6 Å². The zero-order valence-corrected chi connectivity index (χ0v) is 19.4. The zero-order chi connectivity index (χ0) is 25.4. The third kappa shape index (κ3) is 3.96. The third-order valence-corrected chi connectivity index (χ3v) is 6.39. The quantitative estimate of drug-likeness (QED) is 0.398. The summed E-state index contributed by atoms with van der Waals surface area (Å²) < 4.78 is 11.7. The summed E-state index contributed by atoms with van der Waals surface area (Å²) in [5.41, 5.74) is 0.736. The van der Waals surface area contributed by atoms with Gasteiger partial charge in [0.05, 0.1) is 18.1 Å². The fraction of sp³-hybridized carbons (Fsp3) is 0.154. The number of nitrogens with zero attached hydrogens (tertiary/aromatic N) is 4. The van der Waals surface area contributed by atoms with Gasteiger partial charge in [0, 0.05) is 36.1 Å². The molecular formula is C26H20N6O5. The third-order valence-electron chi connectivity index (χ3n) is 6.39. The van der Waals surface area contributed by atoms with Crippen LogP contribution in [0.5, 0.6) is 11.6 Å². The van der Waals surface area contributed by atoms with Gasteiger partial charge in [0.25, 0.3) is 11.8 Å². The molecule has 5 heterocycles. The summed E-state index contributed by atoms with van der Waals surface area (Å²) in [6.07, 6.45) is 7.53. The van der Waals surface area contributed by atoms with Gasteiger partial charge in [-0.1, -0.05) is 0 Å². The Hall–Kier alpha value is -5.06. The number of carbonyl (C=O) groups excluding carboxylic acids is 3. The molecule has 0 radical (unpaired) electrons. The van der Waals surface area contributed by atoms with Crippen LogP contribution in [0.15, 0.2) is 77.7 Å². The molecule has 11 nitrogen and oxygen atoms in total. The number of pyridine rings is 2. The maximum atomic E-state index is 12.6. The highest BCUT2D eigenvalue weighted by atomic mass is 16.5. The average molecular weight is 496 g/mol. The monoisotopic (exact) mass is 496 g/mol. The molecule has 4 amide bonds. The van der Waals surface area contributed by atoms with Crippen LogP contribution in [0, 0.1) is 0 Å². The number of ether oxygens (including phenoxy) is 1. The molecule has 0 bridgehead atoms. The lowest BCUT2D eigenvalue weighted by molar-refractivity contribution is -0.137. The van der Waals surface area contributed by atoms with E-state index in [9.17, 15) is 14.4 Å². The molecule has 4 aromatic rings. The van der Waals surface area contributed by atoms with Crippen LogP contribution >= 0.6 is 0 Å². The number of carbonyl (C=O) groups is 3. The number of hydrogen-bond acceptors (Lipinski definition) is 9. The summed E-state index contributed by atoms with van der Waals surface area (Å²) >= 11 is 0. The molecule has 1 aromatic carbocycles. The van der Waals surface area contributed by atoms with Crippen LogP contribution < -0.4 is 20.3 Å². The maximum absolute atomic E-state index is 12.6. The number of rotatable bonds is 5. The number of barbiturate groups is 1. The van der Waals surface area contributed by atoms with Crippen LogP contribution in [0.2, 0.25) is 0 Å². The second-order valence-electron chi connectivity index (χ2n) is 8.61. The molecule has 2 aliphatic heterocycles. The molecule has 6 rings (SSSR count). The van der Waals surface area contributed by atoms with Gasteiger partial charge in [0.1, 0.15) is 5.75 Å². The maximum Gasteiger partial charge on any atom is 0.328 e. The molecule has 2 N–H and O–H groups in total. The largest absolute Gasteiger partial charge is 0.439 e. The van der Waals surface area contributed by atoms with E-state index in [4.69, 9.17) is 9.15 Å². The summed E-state index contributed by atoms with van der Waals surface area (Å²) in [5.74, 6) is 0.750. The van der Waals surface area contributed by atoms with E-state index in [-0.39, 0.29) is 0 Å². The van der Waals surface area contributed by atoms with Crippen LogP contribution in [-0.2, 0) is 9.59 Å². The Morgan fingerprint density at radius 2 is 1.70 bits per heavy atom. The van der Waals surface area contributed by atoms with Gasteiger partial charge in [0.2, 0.25) is 11.8 Å². The van der Waals surface area contributed by atoms with Crippen LogP contribution in [0.4, 0.5) is 10.5 Å². The predicted octanol–water partition coefficient (Wildman–Crippen LogP) is 3.30. The fourth-order valence-corrected chi connectivity index (χ4v) is 4.62. The lowest BCUT2D eigenvalue weighted by Gasteiger charge is -2.38. The van der Waals surface area contributed by atoms with Crippen molar-refractivity contribution in [3.05, 3.63) is 73.3 Å². The van der Waals surface area contributed by atoms with E-state index in [1.54, 1.807) is 54.0 Å². The Labute approximate surface area is 210 Å². The molecule has 0 saturated carbocycles. The van der Waals surface area contributed by atoms with Crippen molar-refractivity contribution in [2.45, 2.75) is 18.4 Å². The second kappa shape index (κ2) is 8.86. The highest BCUT2D eigenvalue weighted by Gasteiger charge is 2.57. The molecule has 3 aromatic heterocycles. The zero-order valence-electron chi connectivity index (χ0n) is 19.4. The average Bonchev–Trinajstić information content (AvgIpc) is 3.58. The molecule has 2 fully saturated rings. The van der Waals surface area contributed by atoms with E-state index in [0.717, 1.165) is 11.1 Å². The van der Waals surface area contributed by atoms with E-state index >= 15 is 0 Å². The van der Waals surface area contributed by atoms with Crippen LogP contribution in [-0.4, -0.2) is 44.9 Å². The van der Waals surface area contributed by atoms with Gasteiger partial charge in [-0.25, -0.2) is 14.8 Å². The summed E-state index contributed by atoms with van der Waals surface area (Å²) in [4.78, 5) is 51.3. The standard InChI is InChI=1S/C26H20N6O5/c33-23-26(24(34)31-25(35)30-23)10-2-12-32(26)18-6-9-21(28-14-18)36-19-7-4-16(5-8-19)22-29-15-20(37-22)17-3-1-11-27-13-17/h1,3-9,11,13-15H,2,10,12H2,(H2,30,31,33,34,35). The summed E-state index contributed by atoms with van der Waals surface area (Å²) in [5, 5.41) is 4.40. The minimum Gasteiger partial charge on any atom is -0.439 e. The Balaban J connectivity index is 1.16. The number of anilines is 1. The normalized spacial score (nSPS) is 16.5. The van der Waals surface area contributed by atoms with Gasteiger partial charge in [0.15, 0.2) is 11.3 Å². The smallest absolute Gasteiger partial charge is 0.328 e. The van der Waals surface area contributed by atoms with E-state index < -0.39 is 23.4 Å². The van der Waals surface area contributed by atoms with Gasteiger partial charge in [-0.15, -0.1) is 0 Å². The van der Waals surface area contributed by atoms with Crippen molar-refractivity contribution in [2.24, 2.45) is 0 Å². The first-order valence-corrected chi connectivity index (χ1v) is 11.6. The van der Waals surface area contributed by atoms with Gasteiger partial charge >= 0.3 is 6.03 Å². The van der Waals surface area contributed by atoms with E-state index in [0.29, 0.717) is 48.4 Å². The topological polar surface area (TPSA) is 140 Å². The molecule has 37 heavy (non-hydrogen) atoms. The molecule has 2 saturated heterocycles. The Morgan fingerprint density at radius 1 is 0.892 bits per heavy atom. The number of aromatic nitrogens is 3. The minimum atomic E-state index is -1.47. The Bertz CT molecular complexity index is 1460. The number of imide groups is 2. The number of amides is 4. The van der Waals surface area contributed by atoms with Crippen LogP contribution in [0.25, 0.3) is 22.8 Å². The van der Waals surface area contributed by atoms with Crippen molar-refractivity contribution < 1.29 is 23.5 Å². The molecule has 2 aliphatic rings. The van der Waals surface area contributed by atoms with Crippen molar-refractivity contribution in [3.8, 4) is 34.4 Å². The number of benzene rings is 1. The minimum absolute atomic E-state index is 0.302. The van der Waals surface area contributed by atoms with Crippen LogP contribution in [0.3, 0.4) is 0 Å². The van der Waals surface area contributed by atoms with Crippen molar-refractivity contribution >= 4 is 23.5 Å².